The third-order valence-corrected chi connectivity index (χ3v) is 5.95. The van der Waals surface area contributed by atoms with Gasteiger partial charge in [0.25, 0.3) is 11.8 Å². The second-order valence-electron chi connectivity index (χ2n) is 8.28. The highest BCUT2D eigenvalue weighted by molar-refractivity contribution is 6.39. The van der Waals surface area contributed by atoms with Gasteiger partial charge in [0.1, 0.15) is 12.2 Å². The molecule has 4 rings (SSSR count). The van der Waals surface area contributed by atoms with E-state index in [1.54, 1.807) is 36.4 Å². The number of carbonyl (C=O) groups excluding carboxylic acids is 3. The van der Waals surface area contributed by atoms with E-state index in [0.29, 0.717) is 35.3 Å². The van der Waals surface area contributed by atoms with Gasteiger partial charge in [0.15, 0.2) is 11.5 Å². The van der Waals surface area contributed by atoms with Gasteiger partial charge in [-0.15, -0.1) is 0 Å². The fourth-order valence-electron chi connectivity index (χ4n) is 3.73. The Morgan fingerprint density at radius 1 is 0.917 bits per heavy atom. The molecule has 1 fully saturated rings. The van der Waals surface area contributed by atoms with Gasteiger partial charge in [-0.3, -0.25) is 14.9 Å². The minimum atomic E-state index is -0.838. The smallest absolute Gasteiger partial charge is 0.335 e. The van der Waals surface area contributed by atoms with E-state index in [1.165, 1.54) is 23.3 Å². The van der Waals surface area contributed by atoms with E-state index < -0.39 is 17.8 Å². The Balaban J connectivity index is 1.61. The number of halogens is 1. The van der Waals surface area contributed by atoms with Gasteiger partial charge in [0.05, 0.1) is 12.3 Å². The molecule has 3 aromatic rings. The van der Waals surface area contributed by atoms with Gasteiger partial charge in [-0.2, -0.15) is 0 Å². The normalized spacial score (nSPS) is 14.7. The Morgan fingerprint density at radius 2 is 1.72 bits per heavy atom. The van der Waals surface area contributed by atoms with E-state index in [4.69, 9.17) is 21.1 Å². The summed E-state index contributed by atoms with van der Waals surface area (Å²) in [5.41, 5.74) is 4.03. The van der Waals surface area contributed by atoms with Gasteiger partial charge in [0.2, 0.25) is 0 Å². The number of urea groups is 1. The van der Waals surface area contributed by atoms with Crippen molar-refractivity contribution in [2.24, 2.45) is 0 Å². The van der Waals surface area contributed by atoms with Crippen molar-refractivity contribution in [3.63, 3.8) is 0 Å². The van der Waals surface area contributed by atoms with Crippen molar-refractivity contribution < 1.29 is 23.9 Å². The average Bonchev–Trinajstić information content (AvgIpc) is 2.83. The number of nitrogens with zero attached hydrogens (tertiary/aromatic N) is 1. The molecule has 1 N–H and O–H groups in total. The average molecular weight is 505 g/mol. The maximum absolute atomic E-state index is 13.1. The first kappa shape index (κ1) is 25.0. The molecule has 1 aliphatic rings. The molecule has 0 spiro atoms. The number of anilines is 1. The number of carbonyl (C=O) groups is 3. The zero-order chi connectivity index (χ0) is 25.8. The SMILES string of the molecule is CCOc1cc(/C=C2\C(=O)NC(=O)N(c3cccc(Cl)c3)C2=O)ccc1OCc1ccc(C)c(C)c1. The van der Waals surface area contributed by atoms with Crippen LogP contribution in [0.2, 0.25) is 5.02 Å². The Hall–Kier alpha value is -4.10. The summed E-state index contributed by atoms with van der Waals surface area (Å²) in [5.74, 6) is -0.523. The molecule has 8 heteroatoms. The Kier molecular flexibility index (Phi) is 7.41. The molecule has 0 atom stereocenters. The highest BCUT2D eigenvalue weighted by Crippen LogP contribution is 2.31. The summed E-state index contributed by atoms with van der Waals surface area (Å²) in [6.07, 6.45) is 1.41. The van der Waals surface area contributed by atoms with Crippen molar-refractivity contribution in [1.29, 1.82) is 0 Å². The maximum Gasteiger partial charge on any atom is 0.335 e. The van der Waals surface area contributed by atoms with Crippen molar-refractivity contribution in [1.82, 2.24) is 5.32 Å². The molecule has 184 valence electrons. The van der Waals surface area contributed by atoms with E-state index >= 15 is 0 Å². The van der Waals surface area contributed by atoms with Gasteiger partial charge in [0, 0.05) is 5.02 Å². The molecular formula is C28H25ClN2O5. The number of hydrogen-bond donors (Lipinski definition) is 1. The molecule has 0 saturated carbocycles. The first-order chi connectivity index (χ1) is 17.3. The van der Waals surface area contributed by atoms with E-state index in [2.05, 4.69) is 31.3 Å². The van der Waals surface area contributed by atoms with Crippen LogP contribution in [-0.4, -0.2) is 24.5 Å². The van der Waals surface area contributed by atoms with Crippen LogP contribution in [0.25, 0.3) is 6.08 Å². The third-order valence-electron chi connectivity index (χ3n) is 5.71. The quantitative estimate of drug-likeness (QED) is 0.334. The molecule has 1 heterocycles. The van der Waals surface area contributed by atoms with E-state index in [0.717, 1.165) is 10.5 Å². The molecule has 0 aliphatic carbocycles. The Morgan fingerprint density at radius 3 is 2.44 bits per heavy atom. The number of hydrogen-bond acceptors (Lipinski definition) is 5. The number of imide groups is 2. The van der Waals surface area contributed by atoms with Crippen molar-refractivity contribution in [2.45, 2.75) is 27.4 Å². The van der Waals surface area contributed by atoms with Gasteiger partial charge >= 0.3 is 6.03 Å². The lowest BCUT2D eigenvalue weighted by molar-refractivity contribution is -0.122. The monoisotopic (exact) mass is 504 g/mol. The Labute approximate surface area is 214 Å². The van der Waals surface area contributed by atoms with Crippen molar-refractivity contribution in [2.75, 3.05) is 11.5 Å². The predicted molar refractivity (Wildman–Crippen MR) is 138 cm³/mol. The maximum atomic E-state index is 13.1. The lowest BCUT2D eigenvalue weighted by Crippen LogP contribution is -2.54. The highest BCUT2D eigenvalue weighted by Gasteiger charge is 2.36. The molecule has 1 aliphatic heterocycles. The summed E-state index contributed by atoms with van der Waals surface area (Å²) in [5, 5.41) is 2.56. The van der Waals surface area contributed by atoms with Crippen molar-refractivity contribution in [3.8, 4) is 11.5 Å². The van der Waals surface area contributed by atoms with Crippen LogP contribution in [0.5, 0.6) is 11.5 Å². The Bertz CT molecular complexity index is 1380. The van der Waals surface area contributed by atoms with Crippen LogP contribution in [0.4, 0.5) is 10.5 Å². The van der Waals surface area contributed by atoms with Gasteiger partial charge < -0.3 is 9.47 Å². The van der Waals surface area contributed by atoms with Crippen LogP contribution in [0, 0.1) is 13.8 Å². The van der Waals surface area contributed by atoms with Gasteiger partial charge in [-0.05, 0) is 79.4 Å². The van der Waals surface area contributed by atoms with Gasteiger partial charge in [-0.1, -0.05) is 41.9 Å². The molecule has 0 aromatic heterocycles. The number of rotatable bonds is 7. The zero-order valence-corrected chi connectivity index (χ0v) is 20.9. The summed E-state index contributed by atoms with van der Waals surface area (Å²) in [4.78, 5) is 38.9. The summed E-state index contributed by atoms with van der Waals surface area (Å²) in [6, 6.07) is 16.7. The second kappa shape index (κ2) is 10.7. The standard InChI is InChI=1S/C28H25ClN2O5/c1-4-35-25-14-19(10-11-24(25)36-16-20-9-8-17(2)18(3)12-20)13-23-26(32)30-28(34)31(27(23)33)22-7-5-6-21(29)15-22/h5-15H,4,16H2,1-3H3,(H,30,32,34)/b23-13+. The highest BCUT2D eigenvalue weighted by atomic mass is 35.5. The molecule has 0 bridgehead atoms. The molecule has 4 amide bonds. The van der Waals surface area contributed by atoms with Crippen LogP contribution in [-0.2, 0) is 16.2 Å². The molecule has 7 nitrogen and oxygen atoms in total. The summed E-state index contributed by atoms with van der Waals surface area (Å²) >= 11 is 6.02. The summed E-state index contributed by atoms with van der Waals surface area (Å²) in [7, 11) is 0. The first-order valence-corrected chi connectivity index (χ1v) is 11.8. The topological polar surface area (TPSA) is 84.9 Å². The fourth-order valence-corrected chi connectivity index (χ4v) is 3.91. The van der Waals surface area contributed by atoms with Gasteiger partial charge in [-0.25, -0.2) is 9.69 Å². The lowest BCUT2D eigenvalue weighted by Gasteiger charge is -2.26. The van der Waals surface area contributed by atoms with E-state index in [-0.39, 0.29) is 11.3 Å². The van der Waals surface area contributed by atoms with Crippen LogP contribution in [0.3, 0.4) is 0 Å². The zero-order valence-electron chi connectivity index (χ0n) is 20.1. The fraction of sp³-hybridized carbons (Fsp3) is 0.179. The third kappa shape index (κ3) is 5.42. The molecule has 36 heavy (non-hydrogen) atoms. The minimum Gasteiger partial charge on any atom is -0.490 e. The van der Waals surface area contributed by atoms with Crippen molar-refractivity contribution >= 4 is 41.2 Å². The molecule has 0 unspecified atom stereocenters. The lowest BCUT2D eigenvalue weighted by atomic mass is 10.1. The summed E-state index contributed by atoms with van der Waals surface area (Å²) < 4.78 is 11.8. The number of benzene rings is 3. The number of amides is 4. The molecule has 0 radical (unpaired) electrons. The number of aryl methyl sites for hydroxylation is 2. The molecular weight excluding hydrogens is 480 g/mol. The van der Waals surface area contributed by atoms with Crippen LogP contribution in [0.15, 0.2) is 66.2 Å². The predicted octanol–water partition coefficient (Wildman–Crippen LogP) is 5.60. The van der Waals surface area contributed by atoms with Crippen LogP contribution in [0.1, 0.15) is 29.2 Å². The largest absolute Gasteiger partial charge is 0.490 e. The molecule has 3 aromatic carbocycles. The number of barbiturate groups is 1. The first-order valence-electron chi connectivity index (χ1n) is 11.4. The summed E-state index contributed by atoms with van der Waals surface area (Å²) in [6.45, 7) is 6.72. The van der Waals surface area contributed by atoms with Crippen LogP contribution < -0.4 is 19.7 Å². The van der Waals surface area contributed by atoms with E-state index in [9.17, 15) is 14.4 Å². The van der Waals surface area contributed by atoms with Crippen molar-refractivity contribution in [3.05, 3.63) is 93.5 Å². The number of ether oxygens (including phenoxy) is 2. The second-order valence-corrected chi connectivity index (χ2v) is 8.72. The molecule has 1 saturated heterocycles. The minimum absolute atomic E-state index is 0.194. The number of nitrogens with one attached hydrogen (secondary N) is 1. The van der Waals surface area contributed by atoms with E-state index in [1.807, 2.05) is 13.0 Å². The van der Waals surface area contributed by atoms with Crippen LogP contribution >= 0.6 is 11.6 Å².